The van der Waals surface area contributed by atoms with Crippen molar-refractivity contribution in [3.05, 3.63) is 33.9 Å². The Morgan fingerprint density at radius 3 is 2.61 bits per heavy atom. The molecule has 0 unspecified atom stereocenters. The fraction of sp³-hybridized carbons (Fsp3) is 0.417. The van der Waals surface area contributed by atoms with Crippen molar-refractivity contribution >= 4 is 17.3 Å². The molecule has 1 amide bonds. The van der Waals surface area contributed by atoms with Gasteiger partial charge in [-0.05, 0) is 25.0 Å². The molecule has 6 heteroatoms. The lowest BCUT2D eigenvalue weighted by molar-refractivity contribution is -0.384. The van der Waals surface area contributed by atoms with E-state index in [2.05, 4.69) is 5.32 Å². The van der Waals surface area contributed by atoms with Gasteiger partial charge in [-0.2, -0.15) is 0 Å². The molecule has 1 aliphatic carbocycles. The Bertz CT molecular complexity index is 495. The van der Waals surface area contributed by atoms with Crippen LogP contribution in [0, 0.1) is 10.1 Å². The number of nitrogens with one attached hydrogen (secondary N) is 1. The molecular weight excluding hydrogens is 234 g/mol. The fourth-order valence-electron chi connectivity index (χ4n) is 1.64. The fourth-order valence-corrected chi connectivity index (χ4v) is 1.64. The number of amides is 1. The number of anilines is 1. The Morgan fingerprint density at radius 2 is 2.11 bits per heavy atom. The van der Waals surface area contributed by atoms with E-state index in [9.17, 15) is 14.9 Å². The number of nitrogens with zero attached hydrogens (tertiary/aromatic N) is 2. The summed E-state index contributed by atoms with van der Waals surface area (Å²) in [6.45, 7) is 0. The lowest BCUT2D eigenvalue weighted by Gasteiger charge is -2.11. The molecule has 96 valence electrons. The molecule has 1 aromatic carbocycles. The molecule has 1 aromatic rings. The van der Waals surface area contributed by atoms with Gasteiger partial charge in [0.15, 0.2) is 0 Å². The summed E-state index contributed by atoms with van der Waals surface area (Å²) in [5.74, 6) is -0.240. The molecule has 2 rings (SSSR count). The molecule has 0 heterocycles. The molecule has 0 radical (unpaired) electrons. The summed E-state index contributed by atoms with van der Waals surface area (Å²) in [7, 11) is 3.23. The van der Waals surface area contributed by atoms with Crippen molar-refractivity contribution in [3.63, 3.8) is 0 Å². The minimum absolute atomic E-state index is 0.0467. The van der Waals surface area contributed by atoms with E-state index >= 15 is 0 Å². The first-order valence-electron chi connectivity index (χ1n) is 5.75. The van der Waals surface area contributed by atoms with Crippen molar-refractivity contribution in [1.29, 1.82) is 0 Å². The van der Waals surface area contributed by atoms with Gasteiger partial charge >= 0.3 is 0 Å². The van der Waals surface area contributed by atoms with Crippen LogP contribution < -0.4 is 5.32 Å². The second-order valence-corrected chi connectivity index (χ2v) is 4.61. The highest BCUT2D eigenvalue weighted by molar-refractivity contribution is 5.95. The zero-order chi connectivity index (χ0) is 13.3. The normalized spacial score (nSPS) is 14.1. The number of hydrogen-bond donors (Lipinski definition) is 1. The smallest absolute Gasteiger partial charge is 0.293 e. The van der Waals surface area contributed by atoms with Gasteiger partial charge in [-0.15, -0.1) is 0 Å². The molecule has 0 bridgehead atoms. The molecular formula is C12H15N3O3. The van der Waals surface area contributed by atoms with Crippen molar-refractivity contribution in [2.75, 3.05) is 19.4 Å². The largest absolute Gasteiger partial charge is 0.377 e. The maximum absolute atomic E-state index is 11.7. The summed E-state index contributed by atoms with van der Waals surface area (Å²) < 4.78 is 0. The van der Waals surface area contributed by atoms with E-state index in [4.69, 9.17) is 0 Å². The van der Waals surface area contributed by atoms with Crippen LogP contribution >= 0.6 is 0 Å². The van der Waals surface area contributed by atoms with Crippen LogP contribution in [-0.4, -0.2) is 35.9 Å². The van der Waals surface area contributed by atoms with Crippen molar-refractivity contribution in [3.8, 4) is 0 Å². The van der Waals surface area contributed by atoms with E-state index in [0.717, 1.165) is 12.8 Å². The van der Waals surface area contributed by atoms with Crippen LogP contribution in [0.15, 0.2) is 18.2 Å². The predicted molar refractivity (Wildman–Crippen MR) is 67.8 cm³/mol. The van der Waals surface area contributed by atoms with Gasteiger partial charge in [0.1, 0.15) is 5.69 Å². The van der Waals surface area contributed by atoms with Gasteiger partial charge in [-0.25, -0.2) is 0 Å². The van der Waals surface area contributed by atoms with E-state index in [1.165, 1.54) is 11.0 Å². The zero-order valence-electron chi connectivity index (χ0n) is 10.3. The number of hydrogen-bond acceptors (Lipinski definition) is 4. The summed E-state index contributed by atoms with van der Waals surface area (Å²) >= 11 is 0. The molecule has 1 N–H and O–H groups in total. The molecule has 6 nitrogen and oxygen atoms in total. The van der Waals surface area contributed by atoms with Crippen LogP contribution in [0.5, 0.6) is 0 Å². The minimum Gasteiger partial charge on any atom is -0.377 e. The van der Waals surface area contributed by atoms with Crippen molar-refractivity contribution in [1.82, 2.24) is 4.90 Å². The molecule has 0 atom stereocenters. The maximum Gasteiger partial charge on any atom is 0.293 e. The molecule has 0 aromatic heterocycles. The number of benzene rings is 1. The Kier molecular flexibility index (Phi) is 3.18. The quantitative estimate of drug-likeness (QED) is 0.653. The van der Waals surface area contributed by atoms with E-state index < -0.39 is 4.92 Å². The van der Waals surface area contributed by atoms with Crippen molar-refractivity contribution in [2.24, 2.45) is 0 Å². The number of nitro benzene ring substituents is 1. The predicted octanol–water partition coefficient (Wildman–Crippen LogP) is 1.87. The number of carbonyl (C=O) groups excluding carboxylic acids is 1. The van der Waals surface area contributed by atoms with Gasteiger partial charge in [-0.3, -0.25) is 14.9 Å². The van der Waals surface area contributed by atoms with Gasteiger partial charge in [0.05, 0.1) is 4.92 Å². The van der Waals surface area contributed by atoms with E-state index in [1.807, 2.05) is 0 Å². The van der Waals surface area contributed by atoms with Crippen LogP contribution in [0.25, 0.3) is 0 Å². The Labute approximate surface area is 105 Å². The SMILES string of the molecule is CN(C)C(=O)c1ccc(NC2CC2)c([N+](=O)[O-])c1. The van der Waals surface area contributed by atoms with Gasteiger partial charge in [0.25, 0.3) is 11.6 Å². The second-order valence-electron chi connectivity index (χ2n) is 4.61. The maximum atomic E-state index is 11.7. The second kappa shape index (κ2) is 4.64. The first-order chi connectivity index (χ1) is 8.49. The topological polar surface area (TPSA) is 75.5 Å². The number of rotatable bonds is 4. The van der Waals surface area contributed by atoms with Gasteiger partial charge in [0.2, 0.25) is 0 Å². The molecule has 0 aliphatic heterocycles. The summed E-state index contributed by atoms with van der Waals surface area (Å²) in [6, 6.07) is 4.87. The van der Waals surface area contributed by atoms with E-state index in [1.54, 1.807) is 26.2 Å². The first-order valence-corrected chi connectivity index (χ1v) is 5.75. The summed E-state index contributed by atoms with van der Waals surface area (Å²) in [6.07, 6.45) is 2.07. The summed E-state index contributed by atoms with van der Waals surface area (Å²) in [4.78, 5) is 23.7. The zero-order valence-corrected chi connectivity index (χ0v) is 10.3. The van der Waals surface area contributed by atoms with E-state index in [0.29, 0.717) is 17.3 Å². The number of carbonyl (C=O) groups is 1. The summed E-state index contributed by atoms with van der Waals surface area (Å²) in [5, 5.41) is 14.1. The highest BCUT2D eigenvalue weighted by atomic mass is 16.6. The minimum atomic E-state index is -0.461. The Balaban J connectivity index is 2.32. The van der Waals surface area contributed by atoms with E-state index in [-0.39, 0.29) is 11.6 Å². The molecule has 1 saturated carbocycles. The molecule has 0 spiro atoms. The van der Waals surface area contributed by atoms with Gasteiger partial charge < -0.3 is 10.2 Å². The van der Waals surface area contributed by atoms with Crippen LogP contribution in [0.3, 0.4) is 0 Å². The lowest BCUT2D eigenvalue weighted by Crippen LogP contribution is -2.21. The molecule has 0 saturated heterocycles. The van der Waals surface area contributed by atoms with Crippen molar-refractivity contribution < 1.29 is 9.72 Å². The third-order valence-corrected chi connectivity index (χ3v) is 2.78. The van der Waals surface area contributed by atoms with Crippen LogP contribution in [0.2, 0.25) is 0 Å². The Hall–Kier alpha value is -2.11. The highest BCUT2D eigenvalue weighted by Gasteiger charge is 2.25. The van der Waals surface area contributed by atoms with Gasteiger partial charge in [0, 0.05) is 31.8 Å². The lowest BCUT2D eigenvalue weighted by atomic mass is 10.1. The first kappa shape index (κ1) is 12.3. The van der Waals surface area contributed by atoms with Crippen molar-refractivity contribution in [2.45, 2.75) is 18.9 Å². The number of nitro groups is 1. The third-order valence-electron chi connectivity index (χ3n) is 2.78. The molecule has 18 heavy (non-hydrogen) atoms. The van der Waals surface area contributed by atoms with Crippen LogP contribution in [0.1, 0.15) is 23.2 Å². The Morgan fingerprint density at radius 1 is 1.44 bits per heavy atom. The van der Waals surface area contributed by atoms with Gasteiger partial charge in [-0.1, -0.05) is 0 Å². The van der Waals surface area contributed by atoms with Crippen LogP contribution in [-0.2, 0) is 0 Å². The molecule has 1 fully saturated rings. The van der Waals surface area contributed by atoms with Crippen LogP contribution in [0.4, 0.5) is 11.4 Å². The standard InChI is InChI=1S/C12H15N3O3/c1-14(2)12(16)8-3-6-10(13-9-4-5-9)11(7-8)15(17)18/h3,6-7,9,13H,4-5H2,1-2H3. The highest BCUT2D eigenvalue weighted by Crippen LogP contribution is 2.31. The summed E-state index contributed by atoms with van der Waals surface area (Å²) in [5.41, 5.74) is 0.764. The molecule has 1 aliphatic rings. The third kappa shape index (κ3) is 2.58. The average molecular weight is 249 g/mol. The average Bonchev–Trinajstić information content (AvgIpc) is 3.12. The monoisotopic (exact) mass is 249 g/mol.